The second-order valence-corrected chi connectivity index (χ2v) is 3.45. The van der Waals surface area contributed by atoms with Gasteiger partial charge < -0.3 is 15.2 Å². The van der Waals surface area contributed by atoms with E-state index < -0.39 is 5.97 Å². The number of hydrogen-bond acceptors (Lipinski definition) is 3. The van der Waals surface area contributed by atoms with Crippen molar-refractivity contribution in [2.24, 2.45) is 0 Å². The first-order valence-electron chi connectivity index (χ1n) is 3.92. The number of carboxylic acids is 1. The molecule has 0 amide bonds. The molecule has 0 heterocycles. The molecule has 1 aromatic carbocycles. The Morgan fingerprint density at radius 1 is 1.64 bits per heavy atom. The number of anilines is 1. The fraction of sp³-hybridized carbons (Fsp3) is 0.222. The molecule has 0 atom stereocenters. The zero-order valence-electron chi connectivity index (χ0n) is 7.58. The predicted molar refractivity (Wildman–Crippen MR) is 56.8 cm³/mol. The molecule has 0 aromatic heterocycles. The topological polar surface area (TPSA) is 58.6 Å². The van der Waals surface area contributed by atoms with Gasteiger partial charge in [0.25, 0.3) is 0 Å². The fourth-order valence-corrected chi connectivity index (χ4v) is 1.32. The number of carbonyl (C=O) groups is 1. The van der Waals surface area contributed by atoms with Crippen molar-refractivity contribution in [3.8, 4) is 5.75 Å². The maximum Gasteiger partial charge on any atom is 0.322 e. The van der Waals surface area contributed by atoms with Gasteiger partial charge in [-0.2, -0.15) is 0 Å². The van der Waals surface area contributed by atoms with E-state index in [2.05, 4.69) is 21.2 Å². The first-order chi connectivity index (χ1) is 6.63. The number of carboxylic acid groups (broad SMARTS) is 1. The van der Waals surface area contributed by atoms with Crippen molar-refractivity contribution in [1.29, 1.82) is 0 Å². The third kappa shape index (κ3) is 2.92. The Hall–Kier alpha value is -1.23. The van der Waals surface area contributed by atoms with Crippen molar-refractivity contribution in [1.82, 2.24) is 0 Å². The molecule has 4 nitrogen and oxygen atoms in total. The molecule has 5 heteroatoms. The average molecular weight is 260 g/mol. The van der Waals surface area contributed by atoms with Gasteiger partial charge in [0.05, 0.1) is 12.8 Å². The lowest BCUT2D eigenvalue weighted by molar-refractivity contribution is -0.134. The summed E-state index contributed by atoms with van der Waals surface area (Å²) in [4.78, 5) is 10.3. The Morgan fingerprint density at radius 3 is 2.93 bits per heavy atom. The SMILES string of the molecule is COc1ccc(Br)c(NCC(=O)O)c1. The number of benzene rings is 1. The molecule has 0 fully saturated rings. The quantitative estimate of drug-likeness (QED) is 0.868. The first kappa shape index (κ1) is 10.8. The van der Waals surface area contributed by atoms with Gasteiger partial charge in [-0.1, -0.05) is 0 Å². The maximum absolute atomic E-state index is 10.3. The molecule has 0 unspecified atom stereocenters. The van der Waals surface area contributed by atoms with Gasteiger partial charge in [-0.3, -0.25) is 4.79 Å². The minimum Gasteiger partial charge on any atom is -0.497 e. The summed E-state index contributed by atoms with van der Waals surface area (Å²) >= 11 is 3.30. The third-order valence-electron chi connectivity index (χ3n) is 1.60. The van der Waals surface area contributed by atoms with Crippen LogP contribution in [0.15, 0.2) is 22.7 Å². The highest BCUT2D eigenvalue weighted by Gasteiger charge is 2.03. The predicted octanol–water partition coefficient (Wildman–Crippen LogP) is 1.95. The summed E-state index contributed by atoms with van der Waals surface area (Å²) in [6.45, 7) is -0.119. The van der Waals surface area contributed by atoms with Crippen molar-refractivity contribution >= 4 is 27.6 Å². The second-order valence-electron chi connectivity index (χ2n) is 2.59. The highest BCUT2D eigenvalue weighted by Crippen LogP contribution is 2.26. The first-order valence-corrected chi connectivity index (χ1v) is 4.72. The van der Waals surface area contributed by atoms with Crippen LogP contribution in [-0.2, 0) is 4.79 Å². The minimum atomic E-state index is -0.903. The minimum absolute atomic E-state index is 0.119. The van der Waals surface area contributed by atoms with Gasteiger partial charge in [0.15, 0.2) is 0 Å². The van der Waals surface area contributed by atoms with Crippen LogP contribution in [0.4, 0.5) is 5.69 Å². The molecule has 1 rings (SSSR count). The number of ether oxygens (including phenoxy) is 1. The number of methoxy groups -OCH3 is 1. The normalized spacial score (nSPS) is 9.57. The average Bonchev–Trinajstić information content (AvgIpc) is 2.16. The molecule has 2 N–H and O–H groups in total. The van der Waals surface area contributed by atoms with Crippen LogP contribution in [0.3, 0.4) is 0 Å². The van der Waals surface area contributed by atoms with Gasteiger partial charge in [0.1, 0.15) is 12.3 Å². The molecule has 76 valence electrons. The second kappa shape index (κ2) is 4.85. The summed E-state index contributed by atoms with van der Waals surface area (Å²) in [6, 6.07) is 5.31. The number of rotatable bonds is 4. The molecule has 0 aliphatic heterocycles. The molecule has 0 saturated heterocycles. The Labute approximate surface area is 90.0 Å². The van der Waals surface area contributed by atoms with E-state index in [0.29, 0.717) is 11.4 Å². The zero-order chi connectivity index (χ0) is 10.6. The molecule has 1 aromatic rings. The summed E-state index contributed by atoms with van der Waals surface area (Å²) in [5, 5.41) is 11.2. The Balaban J connectivity index is 2.78. The Kier molecular flexibility index (Phi) is 3.76. The molecular weight excluding hydrogens is 250 g/mol. The van der Waals surface area contributed by atoms with E-state index in [1.54, 1.807) is 25.3 Å². The summed E-state index contributed by atoms with van der Waals surface area (Å²) in [5.41, 5.74) is 0.701. The lowest BCUT2D eigenvalue weighted by atomic mass is 10.3. The van der Waals surface area contributed by atoms with Crippen molar-refractivity contribution in [2.45, 2.75) is 0 Å². The monoisotopic (exact) mass is 259 g/mol. The van der Waals surface area contributed by atoms with Crippen molar-refractivity contribution < 1.29 is 14.6 Å². The number of nitrogens with one attached hydrogen (secondary N) is 1. The van der Waals surface area contributed by atoms with Crippen LogP contribution in [0.25, 0.3) is 0 Å². The lowest BCUT2D eigenvalue weighted by Gasteiger charge is -2.07. The van der Waals surface area contributed by atoms with Crippen LogP contribution in [0.5, 0.6) is 5.75 Å². The van der Waals surface area contributed by atoms with Crippen molar-refractivity contribution in [2.75, 3.05) is 19.0 Å². The van der Waals surface area contributed by atoms with E-state index in [9.17, 15) is 4.79 Å². The lowest BCUT2D eigenvalue weighted by Crippen LogP contribution is -2.12. The van der Waals surface area contributed by atoms with E-state index in [1.807, 2.05) is 0 Å². The van der Waals surface area contributed by atoms with Gasteiger partial charge in [0, 0.05) is 10.5 Å². The molecule has 0 radical (unpaired) electrons. The molecule has 14 heavy (non-hydrogen) atoms. The Morgan fingerprint density at radius 2 is 2.36 bits per heavy atom. The molecular formula is C9H10BrNO3. The van der Waals surface area contributed by atoms with Crippen molar-refractivity contribution in [3.05, 3.63) is 22.7 Å². The van der Waals surface area contributed by atoms with Crippen LogP contribution in [0.2, 0.25) is 0 Å². The van der Waals surface area contributed by atoms with Crippen LogP contribution in [-0.4, -0.2) is 24.7 Å². The largest absolute Gasteiger partial charge is 0.497 e. The van der Waals surface area contributed by atoms with Crippen LogP contribution in [0, 0.1) is 0 Å². The smallest absolute Gasteiger partial charge is 0.322 e. The van der Waals surface area contributed by atoms with Gasteiger partial charge in [-0.05, 0) is 28.1 Å². The standard InChI is InChI=1S/C9H10BrNO3/c1-14-6-2-3-7(10)8(4-6)11-5-9(12)13/h2-4,11H,5H2,1H3,(H,12,13). The fourth-order valence-electron chi connectivity index (χ4n) is 0.938. The van der Waals surface area contributed by atoms with E-state index in [1.165, 1.54) is 0 Å². The highest BCUT2D eigenvalue weighted by atomic mass is 79.9. The molecule has 0 spiro atoms. The van der Waals surface area contributed by atoms with Crippen LogP contribution in [0.1, 0.15) is 0 Å². The van der Waals surface area contributed by atoms with Gasteiger partial charge in [-0.15, -0.1) is 0 Å². The molecule has 0 bridgehead atoms. The van der Waals surface area contributed by atoms with Gasteiger partial charge >= 0.3 is 5.97 Å². The number of hydrogen-bond donors (Lipinski definition) is 2. The van der Waals surface area contributed by atoms with Crippen LogP contribution < -0.4 is 10.1 Å². The summed E-state index contributed by atoms with van der Waals surface area (Å²) in [7, 11) is 1.56. The van der Waals surface area contributed by atoms with E-state index >= 15 is 0 Å². The molecule has 0 saturated carbocycles. The van der Waals surface area contributed by atoms with Crippen LogP contribution >= 0.6 is 15.9 Å². The zero-order valence-corrected chi connectivity index (χ0v) is 9.17. The van der Waals surface area contributed by atoms with E-state index in [-0.39, 0.29) is 6.54 Å². The Bertz CT molecular complexity index is 341. The third-order valence-corrected chi connectivity index (χ3v) is 2.30. The molecule has 0 aliphatic rings. The number of aliphatic carboxylic acids is 1. The molecule has 0 aliphatic carbocycles. The van der Waals surface area contributed by atoms with Crippen molar-refractivity contribution in [3.63, 3.8) is 0 Å². The van der Waals surface area contributed by atoms with E-state index in [4.69, 9.17) is 9.84 Å². The summed E-state index contributed by atoms with van der Waals surface area (Å²) in [6.07, 6.45) is 0. The maximum atomic E-state index is 10.3. The van der Waals surface area contributed by atoms with E-state index in [0.717, 1.165) is 4.47 Å². The summed E-state index contributed by atoms with van der Waals surface area (Å²) in [5.74, 6) is -0.221. The number of halogens is 1. The van der Waals surface area contributed by atoms with Gasteiger partial charge in [-0.25, -0.2) is 0 Å². The van der Waals surface area contributed by atoms with Gasteiger partial charge in [0.2, 0.25) is 0 Å². The summed E-state index contributed by atoms with van der Waals surface area (Å²) < 4.78 is 5.81. The highest BCUT2D eigenvalue weighted by molar-refractivity contribution is 9.10.